The van der Waals surface area contributed by atoms with Gasteiger partial charge >= 0.3 is 0 Å². The molecular weight excluding hydrogens is 228 g/mol. The van der Waals surface area contributed by atoms with E-state index in [4.69, 9.17) is 10.5 Å². The van der Waals surface area contributed by atoms with Crippen LogP contribution in [0.2, 0.25) is 0 Å². The average molecular weight is 248 g/mol. The normalized spacial score (nSPS) is 21.2. The molecule has 0 aliphatic carbocycles. The first-order valence-corrected chi connectivity index (χ1v) is 6.29. The lowest BCUT2D eigenvalue weighted by Gasteiger charge is -2.25. The number of likely N-dealkylation sites (tertiary alicyclic amines) is 1. The van der Waals surface area contributed by atoms with Crippen LogP contribution in [0.15, 0.2) is 24.3 Å². The third-order valence-electron chi connectivity index (χ3n) is 3.64. The van der Waals surface area contributed by atoms with Gasteiger partial charge < -0.3 is 15.4 Å². The summed E-state index contributed by atoms with van der Waals surface area (Å²) in [4.78, 5) is 13.8. The number of hydrogen-bond donors (Lipinski definition) is 1. The maximum atomic E-state index is 11.9. The van der Waals surface area contributed by atoms with Crippen molar-refractivity contribution in [2.45, 2.75) is 19.4 Å². The Hall–Kier alpha value is -1.55. The number of ether oxygens (including phenoxy) is 1. The number of nitrogens with two attached hydrogens (primary N) is 1. The van der Waals surface area contributed by atoms with Gasteiger partial charge in [0.2, 0.25) is 5.91 Å². The van der Waals surface area contributed by atoms with Crippen LogP contribution in [0.4, 0.5) is 0 Å². The fourth-order valence-corrected chi connectivity index (χ4v) is 2.40. The molecule has 1 aromatic carbocycles. The summed E-state index contributed by atoms with van der Waals surface area (Å²) >= 11 is 0. The maximum absolute atomic E-state index is 11.9. The van der Waals surface area contributed by atoms with Gasteiger partial charge in [-0.3, -0.25) is 4.79 Å². The van der Waals surface area contributed by atoms with Crippen LogP contribution in [0.1, 0.15) is 24.9 Å². The molecule has 1 aliphatic heterocycles. The molecule has 1 aliphatic rings. The van der Waals surface area contributed by atoms with Crippen molar-refractivity contribution in [1.82, 2.24) is 4.90 Å². The van der Waals surface area contributed by atoms with Crippen molar-refractivity contribution in [3.8, 4) is 5.75 Å². The number of nitrogens with zero attached hydrogens (tertiary/aromatic N) is 1. The van der Waals surface area contributed by atoms with Crippen LogP contribution >= 0.6 is 0 Å². The maximum Gasteiger partial charge on any atom is 0.223 e. The molecule has 0 bridgehead atoms. The second-order valence-corrected chi connectivity index (χ2v) is 4.80. The zero-order chi connectivity index (χ0) is 13.1. The summed E-state index contributed by atoms with van der Waals surface area (Å²) in [5.74, 6) is 1.34. The third kappa shape index (κ3) is 2.48. The molecule has 98 valence electrons. The Kier molecular flexibility index (Phi) is 3.87. The van der Waals surface area contributed by atoms with Crippen LogP contribution in [-0.4, -0.2) is 31.0 Å². The zero-order valence-corrected chi connectivity index (χ0v) is 10.9. The molecule has 4 heteroatoms. The van der Waals surface area contributed by atoms with Crippen molar-refractivity contribution < 1.29 is 9.53 Å². The topological polar surface area (TPSA) is 55.6 Å². The Bertz CT molecular complexity index is 416. The SMILES string of the molecule is COc1ccc(C(C)N2CC(CN)CC2=O)cc1. The number of rotatable bonds is 4. The number of hydrogen-bond acceptors (Lipinski definition) is 3. The Balaban J connectivity index is 2.10. The van der Waals surface area contributed by atoms with Gasteiger partial charge in [-0.15, -0.1) is 0 Å². The predicted octanol–water partition coefficient (Wildman–Crippen LogP) is 1.56. The fraction of sp³-hybridized carbons (Fsp3) is 0.500. The minimum atomic E-state index is 0.0972. The molecule has 2 atom stereocenters. The van der Waals surface area contributed by atoms with E-state index in [0.29, 0.717) is 18.9 Å². The molecule has 0 saturated carbocycles. The quantitative estimate of drug-likeness (QED) is 0.879. The van der Waals surface area contributed by atoms with E-state index in [1.54, 1.807) is 7.11 Å². The number of benzene rings is 1. The van der Waals surface area contributed by atoms with Crippen molar-refractivity contribution >= 4 is 5.91 Å². The Labute approximate surface area is 108 Å². The van der Waals surface area contributed by atoms with E-state index in [1.165, 1.54) is 0 Å². The molecule has 2 unspecified atom stereocenters. The minimum absolute atomic E-state index is 0.0972. The molecule has 2 N–H and O–H groups in total. The van der Waals surface area contributed by atoms with E-state index in [0.717, 1.165) is 17.9 Å². The number of methoxy groups -OCH3 is 1. The molecule has 0 radical (unpaired) electrons. The Morgan fingerprint density at radius 1 is 1.44 bits per heavy atom. The van der Waals surface area contributed by atoms with Crippen LogP contribution in [-0.2, 0) is 4.79 Å². The third-order valence-corrected chi connectivity index (χ3v) is 3.64. The van der Waals surface area contributed by atoms with E-state index in [9.17, 15) is 4.79 Å². The molecule has 1 fully saturated rings. The summed E-state index contributed by atoms with van der Waals surface area (Å²) in [6.45, 7) is 3.40. The average Bonchev–Trinajstić information content (AvgIpc) is 2.79. The Morgan fingerprint density at radius 3 is 2.61 bits per heavy atom. The van der Waals surface area contributed by atoms with Gasteiger partial charge in [0.25, 0.3) is 0 Å². The van der Waals surface area contributed by atoms with Crippen molar-refractivity contribution in [2.75, 3.05) is 20.2 Å². The molecule has 0 spiro atoms. The zero-order valence-electron chi connectivity index (χ0n) is 10.9. The van der Waals surface area contributed by atoms with Gasteiger partial charge in [0, 0.05) is 13.0 Å². The lowest BCUT2D eigenvalue weighted by molar-refractivity contribution is -0.129. The van der Waals surface area contributed by atoms with E-state index in [2.05, 4.69) is 6.92 Å². The lowest BCUT2D eigenvalue weighted by atomic mass is 10.1. The molecule has 4 nitrogen and oxygen atoms in total. The van der Waals surface area contributed by atoms with Crippen molar-refractivity contribution in [2.24, 2.45) is 11.7 Å². The molecule has 1 amide bonds. The first kappa shape index (κ1) is 12.9. The first-order chi connectivity index (χ1) is 8.65. The smallest absolute Gasteiger partial charge is 0.223 e. The van der Waals surface area contributed by atoms with E-state index in [-0.39, 0.29) is 11.9 Å². The highest BCUT2D eigenvalue weighted by Crippen LogP contribution is 2.28. The minimum Gasteiger partial charge on any atom is -0.497 e. The second-order valence-electron chi connectivity index (χ2n) is 4.80. The van der Waals surface area contributed by atoms with Gasteiger partial charge in [-0.1, -0.05) is 12.1 Å². The monoisotopic (exact) mass is 248 g/mol. The van der Waals surface area contributed by atoms with Crippen molar-refractivity contribution in [1.29, 1.82) is 0 Å². The van der Waals surface area contributed by atoms with Crippen LogP contribution < -0.4 is 10.5 Å². The second kappa shape index (κ2) is 5.40. The molecular formula is C14H20N2O2. The number of carbonyl (C=O) groups is 1. The molecule has 1 aromatic rings. The summed E-state index contributed by atoms with van der Waals surface area (Å²) in [5.41, 5.74) is 6.77. The highest BCUT2D eigenvalue weighted by atomic mass is 16.5. The summed E-state index contributed by atoms with van der Waals surface area (Å²) in [6, 6.07) is 7.96. The Morgan fingerprint density at radius 2 is 2.11 bits per heavy atom. The van der Waals surface area contributed by atoms with E-state index >= 15 is 0 Å². The molecule has 2 rings (SSSR count). The van der Waals surface area contributed by atoms with Crippen molar-refractivity contribution in [3.05, 3.63) is 29.8 Å². The first-order valence-electron chi connectivity index (χ1n) is 6.29. The molecule has 18 heavy (non-hydrogen) atoms. The molecule has 0 aromatic heterocycles. The lowest BCUT2D eigenvalue weighted by Crippen LogP contribution is -2.29. The largest absolute Gasteiger partial charge is 0.497 e. The number of amides is 1. The summed E-state index contributed by atoms with van der Waals surface area (Å²) in [7, 11) is 1.65. The predicted molar refractivity (Wildman–Crippen MR) is 70.3 cm³/mol. The standard InChI is InChI=1S/C14H20N2O2/c1-10(12-3-5-13(18-2)6-4-12)16-9-11(8-15)7-14(16)17/h3-6,10-11H,7-9,15H2,1-2H3. The summed E-state index contributed by atoms with van der Waals surface area (Å²) in [5, 5.41) is 0. The summed E-state index contributed by atoms with van der Waals surface area (Å²) in [6.07, 6.45) is 0.580. The van der Waals surface area contributed by atoms with Gasteiger partial charge in [-0.05, 0) is 37.1 Å². The van der Waals surface area contributed by atoms with Gasteiger partial charge in [-0.2, -0.15) is 0 Å². The van der Waals surface area contributed by atoms with Crippen LogP contribution in [0.25, 0.3) is 0 Å². The van der Waals surface area contributed by atoms with Gasteiger partial charge in [0.15, 0.2) is 0 Å². The van der Waals surface area contributed by atoms with Crippen LogP contribution in [0.5, 0.6) is 5.75 Å². The van der Waals surface area contributed by atoms with E-state index in [1.807, 2.05) is 29.2 Å². The van der Waals surface area contributed by atoms with Crippen LogP contribution in [0.3, 0.4) is 0 Å². The van der Waals surface area contributed by atoms with Gasteiger partial charge in [-0.25, -0.2) is 0 Å². The fourth-order valence-electron chi connectivity index (χ4n) is 2.40. The van der Waals surface area contributed by atoms with Crippen LogP contribution in [0, 0.1) is 5.92 Å². The van der Waals surface area contributed by atoms with Gasteiger partial charge in [0.05, 0.1) is 13.2 Å². The highest BCUT2D eigenvalue weighted by Gasteiger charge is 2.32. The molecule has 1 saturated heterocycles. The van der Waals surface area contributed by atoms with E-state index < -0.39 is 0 Å². The van der Waals surface area contributed by atoms with Crippen molar-refractivity contribution in [3.63, 3.8) is 0 Å². The molecule has 1 heterocycles. The summed E-state index contributed by atoms with van der Waals surface area (Å²) < 4.78 is 5.13. The highest BCUT2D eigenvalue weighted by molar-refractivity contribution is 5.79. The van der Waals surface area contributed by atoms with Gasteiger partial charge in [0.1, 0.15) is 5.75 Å². The number of carbonyl (C=O) groups excluding carboxylic acids is 1.